The lowest BCUT2D eigenvalue weighted by Crippen LogP contribution is -2.48. The lowest BCUT2D eigenvalue weighted by molar-refractivity contribution is -0.132. The first kappa shape index (κ1) is 11.9. The number of amides is 1. The minimum Gasteiger partial charge on any atom is -0.325 e. The lowest BCUT2D eigenvalue weighted by Gasteiger charge is -2.40. The van der Waals surface area contributed by atoms with E-state index in [9.17, 15) is 4.79 Å². The maximum atomic E-state index is 11.9. The summed E-state index contributed by atoms with van der Waals surface area (Å²) in [5.41, 5.74) is 0. The molecular formula is C10H15Cl2NOS. The Balaban J connectivity index is 2.13. The molecule has 1 saturated heterocycles. The lowest BCUT2D eigenvalue weighted by atomic mass is 9.93. The van der Waals surface area contributed by atoms with Crippen LogP contribution in [-0.4, -0.2) is 32.8 Å². The molecular weight excluding hydrogens is 253 g/mol. The molecule has 2 rings (SSSR count). The zero-order chi connectivity index (χ0) is 10.9. The van der Waals surface area contributed by atoms with Crippen LogP contribution in [0.2, 0.25) is 0 Å². The first-order valence-electron chi connectivity index (χ1n) is 5.39. The molecule has 1 spiro atoms. The number of nitrogens with zero attached hydrogens (tertiary/aromatic N) is 1. The van der Waals surface area contributed by atoms with Crippen LogP contribution in [0, 0.1) is 0 Å². The first-order valence-corrected chi connectivity index (χ1v) is 7.25. The summed E-state index contributed by atoms with van der Waals surface area (Å²) in [4.78, 5) is 12.9. The third-order valence-electron chi connectivity index (χ3n) is 3.27. The Kier molecular flexibility index (Phi) is 3.74. The first-order chi connectivity index (χ1) is 7.16. The van der Waals surface area contributed by atoms with Crippen molar-refractivity contribution in [2.24, 2.45) is 0 Å². The van der Waals surface area contributed by atoms with Gasteiger partial charge in [0.2, 0.25) is 0 Å². The number of hydrogen-bond donors (Lipinski definition) is 0. The van der Waals surface area contributed by atoms with Gasteiger partial charge in [0.15, 0.2) is 4.84 Å². The van der Waals surface area contributed by atoms with Crippen molar-refractivity contribution in [3.8, 4) is 0 Å². The maximum Gasteiger partial charge on any atom is 0.257 e. The average Bonchev–Trinajstić information content (AvgIpc) is 2.61. The Morgan fingerprint density at radius 2 is 1.93 bits per heavy atom. The van der Waals surface area contributed by atoms with Gasteiger partial charge in [-0.05, 0) is 12.8 Å². The minimum absolute atomic E-state index is 0.0252. The van der Waals surface area contributed by atoms with Crippen molar-refractivity contribution in [3.63, 3.8) is 0 Å². The van der Waals surface area contributed by atoms with E-state index >= 15 is 0 Å². The predicted octanol–water partition coefficient (Wildman–Crippen LogP) is 3.03. The fraction of sp³-hybridized carbons (Fsp3) is 0.900. The summed E-state index contributed by atoms with van der Waals surface area (Å²) in [5.74, 6) is 0.914. The molecule has 0 radical (unpaired) electrons. The smallest absolute Gasteiger partial charge is 0.257 e. The highest BCUT2D eigenvalue weighted by molar-refractivity contribution is 8.00. The standard InChI is InChI=1S/C10H15Cl2NOS/c11-8(12)9(14)13-6-7-15-10(13)4-2-1-3-5-10/h8H,1-7H2. The van der Waals surface area contributed by atoms with Crippen molar-refractivity contribution in [2.45, 2.75) is 41.8 Å². The van der Waals surface area contributed by atoms with Crippen LogP contribution in [0.1, 0.15) is 32.1 Å². The van der Waals surface area contributed by atoms with E-state index in [4.69, 9.17) is 23.2 Å². The summed E-state index contributed by atoms with van der Waals surface area (Å²) < 4.78 is 0. The van der Waals surface area contributed by atoms with Gasteiger partial charge in [0, 0.05) is 12.3 Å². The molecule has 2 aliphatic rings. The molecule has 0 aromatic carbocycles. The number of thioether (sulfide) groups is 1. The van der Waals surface area contributed by atoms with E-state index < -0.39 is 4.84 Å². The third-order valence-corrected chi connectivity index (χ3v) is 5.19. The molecule has 15 heavy (non-hydrogen) atoms. The van der Waals surface area contributed by atoms with Crippen LogP contribution < -0.4 is 0 Å². The molecule has 5 heteroatoms. The molecule has 1 heterocycles. The van der Waals surface area contributed by atoms with E-state index in [1.54, 1.807) is 0 Å². The molecule has 0 aromatic rings. The second-order valence-electron chi connectivity index (χ2n) is 4.15. The molecule has 1 aliphatic carbocycles. The van der Waals surface area contributed by atoms with Crippen LogP contribution in [0.4, 0.5) is 0 Å². The quantitative estimate of drug-likeness (QED) is 0.681. The summed E-state index contributed by atoms with van der Waals surface area (Å²) >= 11 is 13.3. The maximum absolute atomic E-state index is 11.9. The summed E-state index contributed by atoms with van der Waals surface area (Å²) in [6, 6.07) is 0. The third kappa shape index (κ3) is 2.25. The van der Waals surface area contributed by atoms with Crippen molar-refractivity contribution < 1.29 is 4.79 Å². The Morgan fingerprint density at radius 1 is 1.27 bits per heavy atom. The summed E-state index contributed by atoms with van der Waals surface area (Å²) in [6.45, 7) is 0.805. The van der Waals surface area contributed by atoms with Gasteiger partial charge >= 0.3 is 0 Å². The number of hydrogen-bond acceptors (Lipinski definition) is 2. The largest absolute Gasteiger partial charge is 0.325 e. The fourth-order valence-corrected chi connectivity index (χ4v) is 4.36. The van der Waals surface area contributed by atoms with Crippen molar-refractivity contribution in [1.82, 2.24) is 4.90 Å². The molecule has 86 valence electrons. The van der Waals surface area contributed by atoms with Crippen molar-refractivity contribution in [2.75, 3.05) is 12.3 Å². The predicted molar refractivity (Wildman–Crippen MR) is 65.5 cm³/mol. The Morgan fingerprint density at radius 3 is 2.53 bits per heavy atom. The van der Waals surface area contributed by atoms with E-state index in [0.29, 0.717) is 0 Å². The second-order valence-corrected chi connectivity index (χ2v) is 6.70. The van der Waals surface area contributed by atoms with Gasteiger partial charge in [0.05, 0.1) is 4.87 Å². The van der Waals surface area contributed by atoms with Crippen LogP contribution in [0.5, 0.6) is 0 Å². The molecule has 1 saturated carbocycles. The summed E-state index contributed by atoms with van der Waals surface area (Å²) in [7, 11) is 0. The van der Waals surface area contributed by atoms with Gasteiger partial charge in [0.1, 0.15) is 0 Å². The molecule has 0 N–H and O–H groups in total. The zero-order valence-corrected chi connectivity index (χ0v) is 10.9. The van der Waals surface area contributed by atoms with Crippen LogP contribution in [0.3, 0.4) is 0 Å². The van der Waals surface area contributed by atoms with Gasteiger partial charge < -0.3 is 4.90 Å². The fourth-order valence-electron chi connectivity index (χ4n) is 2.56. The van der Waals surface area contributed by atoms with Gasteiger partial charge in [-0.15, -0.1) is 11.8 Å². The molecule has 1 aliphatic heterocycles. The van der Waals surface area contributed by atoms with E-state index in [0.717, 1.165) is 25.1 Å². The van der Waals surface area contributed by atoms with Crippen LogP contribution in [0.15, 0.2) is 0 Å². The van der Waals surface area contributed by atoms with E-state index in [-0.39, 0.29) is 10.8 Å². The molecule has 0 unspecified atom stereocenters. The van der Waals surface area contributed by atoms with Crippen LogP contribution in [-0.2, 0) is 4.79 Å². The SMILES string of the molecule is O=C(C(Cl)Cl)N1CCSC12CCCCC2. The zero-order valence-electron chi connectivity index (χ0n) is 8.55. The number of rotatable bonds is 1. The minimum atomic E-state index is -0.900. The van der Waals surface area contributed by atoms with Crippen LogP contribution in [0.25, 0.3) is 0 Å². The van der Waals surface area contributed by atoms with Gasteiger partial charge in [-0.3, -0.25) is 4.79 Å². The normalized spacial score (nSPS) is 25.1. The highest BCUT2D eigenvalue weighted by Gasteiger charge is 2.45. The van der Waals surface area contributed by atoms with Crippen LogP contribution >= 0.6 is 35.0 Å². The van der Waals surface area contributed by atoms with Crippen molar-refractivity contribution in [1.29, 1.82) is 0 Å². The van der Waals surface area contributed by atoms with E-state index in [1.807, 2.05) is 16.7 Å². The topological polar surface area (TPSA) is 20.3 Å². The number of carbonyl (C=O) groups excluding carboxylic acids is 1. The molecule has 0 aromatic heterocycles. The molecule has 0 bridgehead atoms. The molecule has 2 fully saturated rings. The number of carbonyl (C=O) groups is 1. The van der Waals surface area contributed by atoms with E-state index in [1.165, 1.54) is 19.3 Å². The van der Waals surface area contributed by atoms with Gasteiger partial charge in [-0.25, -0.2) is 0 Å². The Labute approximate surface area is 105 Å². The number of halogens is 2. The highest BCUT2D eigenvalue weighted by atomic mass is 35.5. The molecule has 1 amide bonds. The van der Waals surface area contributed by atoms with E-state index in [2.05, 4.69) is 0 Å². The van der Waals surface area contributed by atoms with Gasteiger partial charge in [-0.2, -0.15) is 0 Å². The number of alkyl halides is 2. The summed E-state index contributed by atoms with van der Waals surface area (Å²) in [6.07, 6.45) is 5.92. The molecule has 0 atom stereocenters. The summed E-state index contributed by atoms with van der Waals surface area (Å²) in [5, 5.41) is 0. The van der Waals surface area contributed by atoms with Gasteiger partial charge in [0.25, 0.3) is 5.91 Å². The molecule has 2 nitrogen and oxygen atoms in total. The highest BCUT2D eigenvalue weighted by Crippen LogP contribution is 2.47. The van der Waals surface area contributed by atoms with Crippen molar-refractivity contribution in [3.05, 3.63) is 0 Å². The van der Waals surface area contributed by atoms with Gasteiger partial charge in [-0.1, -0.05) is 42.5 Å². The monoisotopic (exact) mass is 267 g/mol. The second kappa shape index (κ2) is 4.72. The Bertz CT molecular complexity index is 254. The Hall–Kier alpha value is 0.400. The van der Waals surface area contributed by atoms with Crippen molar-refractivity contribution >= 4 is 40.9 Å². The average molecular weight is 268 g/mol.